The van der Waals surface area contributed by atoms with Crippen molar-refractivity contribution in [1.82, 2.24) is 4.90 Å². The van der Waals surface area contributed by atoms with E-state index >= 15 is 0 Å². The molecule has 0 atom stereocenters. The predicted octanol–water partition coefficient (Wildman–Crippen LogP) is 3.98. The minimum atomic E-state index is -0.0935. The Kier molecular flexibility index (Phi) is 4.73. The summed E-state index contributed by atoms with van der Waals surface area (Å²) in [7, 11) is 0. The van der Waals surface area contributed by atoms with Gasteiger partial charge in [0.05, 0.1) is 12.1 Å². The van der Waals surface area contributed by atoms with Crippen LogP contribution in [0.3, 0.4) is 0 Å². The van der Waals surface area contributed by atoms with Crippen LogP contribution < -0.4 is 5.73 Å². The van der Waals surface area contributed by atoms with Gasteiger partial charge in [-0.15, -0.1) is 0 Å². The van der Waals surface area contributed by atoms with Crippen molar-refractivity contribution >= 4 is 27.5 Å². The molecule has 21 heavy (non-hydrogen) atoms. The number of aryl methyl sites for hydroxylation is 1. The number of amides is 1. The number of hydrogen-bond donors (Lipinski definition) is 1. The third-order valence-electron chi connectivity index (χ3n) is 3.25. The average molecular weight is 351 g/mol. The quantitative estimate of drug-likeness (QED) is 0.848. The third-order valence-corrected chi connectivity index (χ3v) is 3.74. The molecule has 0 aliphatic carbocycles. The summed E-state index contributed by atoms with van der Waals surface area (Å²) in [6.45, 7) is 6.27. The van der Waals surface area contributed by atoms with Crippen molar-refractivity contribution in [2.75, 3.05) is 5.73 Å². The topological polar surface area (TPSA) is 59.5 Å². The largest absolute Gasteiger partial charge is 0.464 e. The molecule has 0 bridgehead atoms. The molecule has 0 saturated carbocycles. The normalized spacial score (nSPS) is 10.9. The van der Waals surface area contributed by atoms with Gasteiger partial charge in [0, 0.05) is 16.2 Å². The van der Waals surface area contributed by atoms with Crippen LogP contribution in [0.4, 0.5) is 5.69 Å². The van der Waals surface area contributed by atoms with E-state index in [0.29, 0.717) is 17.8 Å². The summed E-state index contributed by atoms with van der Waals surface area (Å²) in [6, 6.07) is 9.13. The highest BCUT2D eigenvalue weighted by Gasteiger charge is 2.22. The first-order valence-corrected chi connectivity index (χ1v) is 7.59. The molecule has 1 heterocycles. The first-order valence-electron chi connectivity index (χ1n) is 6.80. The summed E-state index contributed by atoms with van der Waals surface area (Å²) >= 11 is 3.35. The molecule has 1 aromatic carbocycles. The fourth-order valence-electron chi connectivity index (χ4n) is 2.11. The van der Waals surface area contributed by atoms with Crippen molar-refractivity contribution < 1.29 is 9.21 Å². The van der Waals surface area contributed by atoms with Gasteiger partial charge in [0.2, 0.25) is 0 Å². The van der Waals surface area contributed by atoms with Gasteiger partial charge in [0.15, 0.2) is 0 Å². The predicted molar refractivity (Wildman–Crippen MR) is 87.0 cm³/mol. The molecule has 5 heteroatoms. The zero-order valence-electron chi connectivity index (χ0n) is 12.4. The van der Waals surface area contributed by atoms with Gasteiger partial charge in [-0.1, -0.05) is 15.9 Å². The number of carbonyl (C=O) groups is 1. The summed E-state index contributed by atoms with van der Waals surface area (Å²) in [5.74, 6) is 1.51. The lowest BCUT2D eigenvalue weighted by molar-refractivity contribution is 0.0676. The summed E-state index contributed by atoms with van der Waals surface area (Å²) in [6.07, 6.45) is 0. The Morgan fingerprint density at radius 3 is 2.57 bits per heavy atom. The SMILES string of the molecule is Cc1ccc(CN(C(=O)c2ccc(Br)cc2N)C(C)C)o1. The Morgan fingerprint density at radius 1 is 1.33 bits per heavy atom. The zero-order valence-corrected chi connectivity index (χ0v) is 14.0. The monoisotopic (exact) mass is 350 g/mol. The maximum Gasteiger partial charge on any atom is 0.256 e. The molecular weight excluding hydrogens is 332 g/mol. The van der Waals surface area contributed by atoms with Gasteiger partial charge >= 0.3 is 0 Å². The van der Waals surface area contributed by atoms with E-state index in [0.717, 1.165) is 16.0 Å². The average Bonchev–Trinajstić information content (AvgIpc) is 2.80. The summed E-state index contributed by atoms with van der Waals surface area (Å²) < 4.78 is 6.42. The van der Waals surface area contributed by atoms with Crippen molar-refractivity contribution in [3.05, 3.63) is 51.9 Å². The van der Waals surface area contributed by atoms with Gasteiger partial charge in [-0.3, -0.25) is 4.79 Å². The van der Waals surface area contributed by atoms with Gasteiger partial charge in [0.1, 0.15) is 11.5 Å². The number of carbonyl (C=O) groups excluding carboxylic acids is 1. The van der Waals surface area contributed by atoms with Crippen molar-refractivity contribution in [2.24, 2.45) is 0 Å². The Labute approximate surface area is 133 Å². The Bertz CT molecular complexity index is 649. The second-order valence-electron chi connectivity index (χ2n) is 5.27. The van der Waals surface area contributed by atoms with Crippen LogP contribution in [0.1, 0.15) is 35.7 Å². The second-order valence-corrected chi connectivity index (χ2v) is 6.19. The highest BCUT2D eigenvalue weighted by Crippen LogP contribution is 2.22. The Morgan fingerprint density at radius 2 is 2.05 bits per heavy atom. The minimum absolute atomic E-state index is 0.0472. The molecule has 0 fully saturated rings. The summed E-state index contributed by atoms with van der Waals surface area (Å²) in [4.78, 5) is 14.5. The number of nitrogens with two attached hydrogens (primary N) is 1. The third kappa shape index (κ3) is 3.67. The van der Waals surface area contributed by atoms with E-state index in [1.165, 1.54) is 0 Å². The molecule has 112 valence electrons. The lowest BCUT2D eigenvalue weighted by Crippen LogP contribution is -2.36. The molecule has 0 unspecified atom stereocenters. The van der Waals surface area contributed by atoms with Crippen molar-refractivity contribution in [1.29, 1.82) is 0 Å². The van der Waals surface area contributed by atoms with E-state index < -0.39 is 0 Å². The molecule has 0 aliphatic rings. The smallest absolute Gasteiger partial charge is 0.256 e. The number of benzene rings is 1. The maximum atomic E-state index is 12.7. The fourth-order valence-corrected chi connectivity index (χ4v) is 2.49. The van der Waals surface area contributed by atoms with Crippen molar-refractivity contribution in [3.63, 3.8) is 0 Å². The van der Waals surface area contributed by atoms with Gasteiger partial charge in [-0.25, -0.2) is 0 Å². The molecular formula is C16H19BrN2O2. The van der Waals surface area contributed by atoms with Crippen molar-refractivity contribution in [3.8, 4) is 0 Å². The molecule has 4 nitrogen and oxygen atoms in total. The highest BCUT2D eigenvalue weighted by molar-refractivity contribution is 9.10. The van der Waals surface area contributed by atoms with Crippen LogP contribution in [0, 0.1) is 6.92 Å². The van der Waals surface area contributed by atoms with E-state index in [1.807, 2.05) is 39.0 Å². The number of nitrogens with zero attached hydrogens (tertiary/aromatic N) is 1. The Balaban J connectivity index is 2.27. The van der Waals surface area contributed by atoms with Gasteiger partial charge in [-0.2, -0.15) is 0 Å². The molecule has 2 aromatic rings. The highest BCUT2D eigenvalue weighted by atomic mass is 79.9. The van der Waals surface area contributed by atoms with Gasteiger partial charge in [0.25, 0.3) is 5.91 Å². The lowest BCUT2D eigenvalue weighted by Gasteiger charge is -2.26. The first kappa shape index (κ1) is 15.6. The van der Waals surface area contributed by atoms with Crippen LogP contribution in [0.15, 0.2) is 39.2 Å². The minimum Gasteiger partial charge on any atom is -0.464 e. The van der Waals surface area contributed by atoms with Crippen LogP contribution in [0.2, 0.25) is 0 Å². The van der Waals surface area contributed by atoms with Crippen LogP contribution >= 0.6 is 15.9 Å². The molecule has 0 saturated heterocycles. The maximum absolute atomic E-state index is 12.7. The van der Waals surface area contributed by atoms with E-state index in [2.05, 4.69) is 15.9 Å². The molecule has 1 amide bonds. The molecule has 1 aromatic heterocycles. The van der Waals surface area contributed by atoms with Gasteiger partial charge < -0.3 is 15.1 Å². The molecule has 2 N–H and O–H groups in total. The van der Waals surface area contributed by atoms with Crippen molar-refractivity contribution in [2.45, 2.75) is 33.4 Å². The number of nitrogen functional groups attached to an aromatic ring is 1. The zero-order chi connectivity index (χ0) is 15.6. The van der Waals surface area contributed by atoms with Crippen LogP contribution in [-0.2, 0) is 6.54 Å². The second kappa shape index (κ2) is 6.35. The summed E-state index contributed by atoms with van der Waals surface area (Å²) in [5.41, 5.74) is 6.93. The van der Waals surface area contributed by atoms with E-state index in [-0.39, 0.29) is 11.9 Å². The van der Waals surface area contributed by atoms with E-state index in [9.17, 15) is 4.79 Å². The fraction of sp³-hybridized carbons (Fsp3) is 0.312. The van der Waals surface area contributed by atoms with Crippen LogP contribution in [0.25, 0.3) is 0 Å². The Hall–Kier alpha value is -1.75. The first-order chi connectivity index (χ1) is 9.88. The molecule has 0 aliphatic heterocycles. The lowest BCUT2D eigenvalue weighted by atomic mass is 10.1. The van der Waals surface area contributed by atoms with Gasteiger partial charge in [-0.05, 0) is 51.1 Å². The van der Waals surface area contributed by atoms with E-state index in [4.69, 9.17) is 10.2 Å². The number of rotatable bonds is 4. The molecule has 2 rings (SSSR count). The standard InChI is InChI=1S/C16H19BrN2O2/c1-10(2)19(9-13-6-4-11(3)21-13)16(20)14-7-5-12(17)8-15(14)18/h4-8,10H,9,18H2,1-3H3. The van der Waals surface area contributed by atoms with E-state index in [1.54, 1.807) is 17.0 Å². The molecule has 0 radical (unpaired) electrons. The number of furan rings is 1. The van der Waals surface area contributed by atoms with Crippen LogP contribution in [-0.4, -0.2) is 16.8 Å². The molecule has 0 spiro atoms. The summed E-state index contributed by atoms with van der Waals surface area (Å²) in [5, 5.41) is 0. The number of hydrogen-bond acceptors (Lipinski definition) is 3. The number of halogens is 1. The number of anilines is 1. The van der Waals surface area contributed by atoms with Crippen LogP contribution in [0.5, 0.6) is 0 Å².